The van der Waals surface area contributed by atoms with Crippen LogP contribution in [0.5, 0.6) is 11.5 Å². The highest BCUT2D eigenvalue weighted by Gasteiger charge is 2.33. The Labute approximate surface area is 222 Å². The molecule has 3 aromatic carbocycles. The van der Waals surface area contributed by atoms with E-state index in [0.717, 1.165) is 40.8 Å². The van der Waals surface area contributed by atoms with Crippen LogP contribution in [-0.2, 0) is 6.42 Å². The Hall–Kier alpha value is -4.43. The van der Waals surface area contributed by atoms with Crippen LogP contribution in [0.25, 0.3) is 11.8 Å². The second-order valence-electron chi connectivity index (χ2n) is 9.16. The van der Waals surface area contributed by atoms with Gasteiger partial charge in [-0.2, -0.15) is 0 Å². The number of nitrogens with zero attached hydrogens (tertiary/aromatic N) is 2. The van der Waals surface area contributed by atoms with Crippen LogP contribution in [0, 0.1) is 0 Å². The molecule has 1 aliphatic heterocycles. The van der Waals surface area contributed by atoms with E-state index in [9.17, 15) is 14.7 Å². The molecule has 4 aromatic rings. The van der Waals surface area contributed by atoms with E-state index in [1.54, 1.807) is 37.0 Å². The highest BCUT2D eigenvalue weighted by Crippen LogP contribution is 2.42. The molecule has 6 rings (SSSR count). The molecule has 0 spiro atoms. The Morgan fingerprint density at radius 2 is 1.79 bits per heavy atom. The molecule has 1 aliphatic carbocycles. The van der Waals surface area contributed by atoms with Gasteiger partial charge in [-0.15, -0.1) is 0 Å². The van der Waals surface area contributed by atoms with Crippen molar-refractivity contribution in [3.05, 3.63) is 120 Å². The van der Waals surface area contributed by atoms with Crippen LogP contribution in [0.15, 0.2) is 82.1 Å². The molecule has 2 heterocycles. The largest absolute Gasteiger partial charge is 0.493 e. The molecule has 190 valence electrons. The zero-order chi connectivity index (χ0) is 26.4. The van der Waals surface area contributed by atoms with Crippen LogP contribution in [0.2, 0.25) is 0 Å². The van der Waals surface area contributed by atoms with Crippen LogP contribution in [0.1, 0.15) is 45.1 Å². The Kier molecular flexibility index (Phi) is 5.96. The number of aromatic nitrogens is 1. The van der Waals surface area contributed by atoms with Gasteiger partial charge in [0.1, 0.15) is 0 Å². The van der Waals surface area contributed by atoms with Crippen molar-refractivity contribution in [1.29, 1.82) is 0 Å². The van der Waals surface area contributed by atoms with Gasteiger partial charge in [0.05, 0.1) is 36.1 Å². The number of fused-ring (bicyclic) bond motifs is 3. The summed E-state index contributed by atoms with van der Waals surface area (Å²) in [4.78, 5) is 30.8. The van der Waals surface area contributed by atoms with Gasteiger partial charge in [-0.25, -0.2) is 9.79 Å². The molecule has 1 N–H and O–H groups in total. The van der Waals surface area contributed by atoms with E-state index >= 15 is 0 Å². The summed E-state index contributed by atoms with van der Waals surface area (Å²) >= 11 is 1.34. The van der Waals surface area contributed by atoms with Crippen molar-refractivity contribution >= 4 is 29.1 Å². The molecule has 0 fully saturated rings. The van der Waals surface area contributed by atoms with Crippen molar-refractivity contribution in [3.8, 4) is 11.5 Å². The molecule has 0 bridgehead atoms. The molecule has 0 radical (unpaired) electrons. The first kappa shape index (κ1) is 23.9. The zero-order valence-electron chi connectivity index (χ0n) is 20.8. The van der Waals surface area contributed by atoms with E-state index in [1.165, 1.54) is 29.0 Å². The summed E-state index contributed by atoms with van der Waals surface area (Å²) in [5.41, 5.74) is 6.09. The van der Waals surface area contributed by atoms with Crippen LogP contribution in [0.4, 0.5) is 0 Å². The summed E-state index contributed by atoms with van der Waals surface area (Å²) in [5.74, 6) is 0.231. The quantitative estimate of drug-likeness (QED) is 0.426. The summed E-state index contributed by atoms with van der Waals surface area (Å²) in [6, 6.07) is 20.2. The first-order valence-electron chi connectivity index (χ1n) is 12.2. The van der Waals surface area contributed by atoms with E-state index in [4.69, 9.17) is 14.5 Å². The lowest BCUT2D eigenvalue weighted by molar-refractivity contribution is 0.0697. The SMILES string of the molecule is COc1ccc(C2C3=C(N=c4s/c(=C/c5ccc(C(=O)O)cc5)c(=O)n42)c2ccccc2CC3)cc1OC. The number of carboxylic acid groups (broad SMARTS) is 1. The predicted molar refractivity (Wildman–Crippen MR) is 146 cm³/mol. The van der Waals surface area contributed by atoms with E-state index in [0.29, 0.717) is 20.8 Å². The Morgan fingerprint density at radius 3 is 2.53 bits per heavy atom. The summed E-state index contributed by atoms with van der Waals surface area (Å²) < 4.78 is 13.4. The maximum atomic E-state index is 13.9. The van der Waals surface area contributed by atoms with Crippen molar-refractivity contribution in [1.82, 2.24) is 4.57 Å². The number of hydrogen-bond acceptors (Lipinski definition) is 6. The third-order valence-electron chi connectivity index (χ3n) is 7.05. The maximum absolute atomic E-state index is 13.9. The summed E-state index contributed by atoms with van der Waals surface area (Å²) in [7, 11) is 3.20. The number of allylic oxidation sites excluding steroid dienone is 1. The number of benzene rings is 3. The summed E-state index contributed by atoms with van der Waals surface area (Å²) in [6.07, 6.45) is 3.45. The zero-order valence-corrected chi connectivity index (χ0v) is 21.6. The third kappa shape index (κ3) is 3.94. The number of methoxy groups -OCH3 is 2. The smallest absolute Gasteiger partial charge is 0.335 e. The molecule has 1 aromatic heterocycles. The molecule has 0 saturated heterocycles. The first-order chi connectivity index (χ1) is 18.5. The van der Waals surface area contributed by atoms with Gasteiger partial charge in [-0.05, 0) is 65.4 Å². The fourth-order valence-electron chi connectivity index (χ4n) is 5.22. The average molecular weight is 525 g/mol. The van der Waals surface area contributed by atoms with E-state index in [-0.39, 0.29) is 17.2 Å². The van der Waals surface area contributed by atoms with Gasteiger partial charge in [-0.1, -0.05) is 53.8 Å². The molecule has 0 amide bonds. The third-order valence-corrected chi connectivity index (χ3v) is 8.03. The van der Waals surface area contributed by atoms with Gasteiger partial charge < -0.3 is 14.6 Å². The molecule has 0 saturated carbocycles. The maximum Gasteiger partial charge on any atom is 0.335 e. The van der Waals surface area contributed by atoms with Crippen LogP contribution >= 0.6 is 11.3 Å². The number of rotatable bonds is 5. The minimum atomic E-state index is -0.989. The van der Waals surface area contributed by atoms with Crippen molar-refractivity contribution in [2.24, 2.45) is 4.99 Å². The lowest BCUT2D eigenvalue weighted by atomic mass is 9.83. The van der Waals surface area contributed by atoms with Gasteiger partial charge in [-0.3, -0.25) is 9.36 Å². The summed E-state index contributed by atoms with van der Waals surface area (Å²) in [5, 5.41) is 9.20. The second-order valence-corrected chi connectivity index (χ2v) is 10.2. The number of carboxylic acids is 1. The Bertz CT molecular complexity index is 1800. The van der Waals surface area contributed by atoms with Crippen molar-refractivity contribution < 1.29 is 19.4 Å². The normalized spacial score (nSPS) is 16.3. The van der Waals surface area contributed by atoms with Gasteiger partial charge in [0.15, 0.2) is 16.3 Å². The van der Waals surface area contributed by atoms with Gasteiger partial charge in [0.25, 0.3) is 5.56 Å². The van der Waals surface area contributed by atoms with Crippen LogP contribution < -0.4 is 24.4 Å². The lowest BCUT2D eigenvalue weighted by Crippen LogP contribution is -2.38. The molecular weight excluding hydrogens is 500 g/mol. The second kappa shape index (κ2) is 9.46. The van der Waals surface area contributed by atoms with Crippen LogP contribution in [0.3, 0.4) is 0 Å². The Balaban J connectivity index is 1.58. The number of ether oxygens (including phenoxy) is 2. The van der Waals surface area contributed by atoms with Crippen molar-refractivity contribution in [3.63, 3.8) is 0 Å². The molecule has 2 aliphatic rings. The average Bonchev–Trinajstić information content (AvgIpc) is 3.25. The first-order valence-corrected chi connectivity index (χ1v) is 13.0. The number of aromatic carboxylic acids is 1. The highest BCUT2D eigenvalue weighted by molar-refractivity contribution is 7.07. The standard InChI is InChI=1S/C30H24N2O5S/c1-36-23-14-12-20(16-24(23)37-2)27-22-13-11-18-5-3-4-6-21(18)26(22)31-30-32(27)28(33)25(38-30)15-17-7-9-19(10-8-17)29(34)35/h3-10,12,14-16,27H,11,13H2,1-2H3,(H,34,35)/b25-15+. The number of hydrogen-bond donors (Lipinski definition) is 1. The predicted octanol–water partition coefficient (Wildman–Crippen LogP) is 4.03. The number of thiazole rings is 1. The Morgan fingerprint density at radius 1 is 1.03 bits per heavy atom. The molecule has 7 nitrogen and oxygen atoms in total. The molecule has 1 atom stereocenters. The summed E-state index contributed by atoms with van der Waals surface area (Å²) in [6.45, 7) is 0. The fraction of sp³-hybridized carbons (Fsp3) is 0.167. The fourth-order valence-corrected chi connectivity index (χ4v) is 6.22. The van der Waals surface area contributed by atoms with E-state index in [1.807, 2.05) is 30.3 Å². The van der Waals surface area contributed by atoms with Gasteiger partial charge >= 0.3 is 5.97 Å². The van der Waals surface area contributed by atoms with Gasteiger partial charge in [0, 0.05) is 5.56 Å². The monoisotopic (exact) mass is 524 g/mol. The van der Waals surface area contributed by atoms with Crippen LogP contribution in [-0.4, -0.2) is 29.9 Å². The highest BCUT2D eigenvalue weighted by atomic mass is 32.1. The van der Waals surface area contributed by atoms with E-state index < -0.39 is 5.97 Å². The molecule has 1 unspecified atom stereocenters. The van der Waals surface area contributed by atoms with Crippen molar-refractivity contribution in [2.75, 3.05) is 14.2 Å². The lowest BCUT2D eigenvalue weighted by Gasteiger charge is -2.31. The minimum absolute atomic E-state index is 0.138. The minimum Gasteiger partial charge on any atom is -0.493 e. The van der Waals surface area contributed by atoms with Crippen molar-refractivity contribution in [2.45, 2.75) is 18.9 Å². The molecular formula is C30H24N2O5S. The molecule has 8 heteroatoms. The number of carbonyl (C=O) groups is 1. The molecule has 38 heavy (non-hydrogen) atoms. The number of aryl methyl sites for hydroxylation is 1. The topological polar surface area (TPSA) is 90.1 Å². The van der Waals surface area contributed by atoms with E-state index in [2.05, 4.69) is 12.1 Å². The van der Waals surface area contributed by atoms with Gasteiger partial charge in [0.2, 0.25) is 0 Å².